The molecule has 2 aromatic heterocycles. The van der Waals surface area contributed by atoms with Gasteiger partial charge in [0.25, 0.3) is 20.0 Å². The Morgan fingerprint density at radius 3 is 1.33 bits per heavy atom. The summed E-state index contributed by atoms with van der Waals surface area (Å²) in [5.74, 6) is -1.57. The van der Waals surface area contributed by atoms with E-state index in [2.05, 4.69) is 38.3 Å². The number of alkyl halides is 3. The number of hydrogen-bond donors (Lipinski definition) is 1. The normalized spacial score (nSPS) is 13.3. The number of halogens is 4. The molecule has 0 saturated heterocycles. The van der Waals surface area contributed by atoms with E-state index in [1.165, 1.54) is 10.4 Å². The van der Waals surface area contributed by atoms with Crippen LogP contribution in [0, 0.1) is 0 Å². The van der Waals surface area contributed by atoms with Crippen LogP contribution < -0.4 is 43.7 Å². The molecule has 0 aliphatic carbocycles. The zero-order valence-electron chi connectivity index (χ0n) is 34.6. The number of carbonyl (C=O) groups excluding carboxylic acids is 1. The van der Waals surface area contributed by atoms with Crippen molar-refractivity contribution in [3.8, 4) is 11.5 Å². The first-order valence-corrected chi connectivity index (χ1v) is 20.2. The van der Waals surface area contributed by atoms with E-state index >= 15 is 0 Å². The summed E-state index contributed by atoms with van der Waals surface area (Å²) >= 11 is 0. The average molecular weight is 975 g/mol. The minimum atomic E-state index is -5.19. The monoisotopic (exact) mass is 974 g/mol. The molecular weight excluding hydrogens is 920 g/mol. The lowest BCUT2D eigenvalue weighted by molar-refractivity contribution is -0.900. The minimum absolute atomic E-state index is 0. The Hall–Kier alpha value is -3.81. The molecule has 0 saturated carbocycles. The van der Waals surface area contributed by atoms with Crippen LogP contribution in [0.1, 0.15) is 48.4 Å². The molecule has 2 atom stereocenters. The van der Waals surface area contributed by atoms with Crippen molar-refractivity contribution in [1.29, 1.82) is 0 Å². The third kappa shape index (κ3) is 14.8. The third-order valence-corrected chi connectivity index (χ3v) is 11.6. The Labute approximate surface area is 356 Å². The zero-order chi connectivity index (χ0) is 43.9. The van der Waals surface area contributed by atoms with Gasteiger partial charge >= 0.3 is 6.18 Å². The number of aryl methyl sites for hydroxylation is 2. The fourth-order valence-electron chi connectivity index (χ4n) is 4.98. The summed E-state index contributed by atoms with van der Waals surface area (Å²) in [6.45, 7) is 4.49. The van der Waals surface area contributed by atoms with E-state index in [0.717, 1.165) is 34.0 Å². The van der Waals surface area contributed by atoms with Gasteiger partial charge in [-0.2, -0.15) is 27.7 Å². The lowest BCUT2D eigenvalue weighted by atomic mass is 10.2. The van der Waals surface area contributed by atoms with Crippen LogP contribution in [0.15, 0.2) is 70.7 Å². The lowest BCUT2D eigenvalue weighted by Gasteiger charge is -2.31. The molecule has 0 aliphatic rings. The number of hydrogen-bond acceptors (Lipinski definition) is 10. The number of nitrogens with zero attached hydrogens (tertiary/aromatic N) is 7. The Balaban J connectivity index is 0.000000580. The zero-order valence-corrected chi connectivity index (χ0v) is 38.4. The highest BCUT2D eigenvalue weighted by Crippen LogP contribution is 2.28. The summed E-state index contributed by atoms with van der Waals surface area (Å²) in [6.07, 6.45) is -5.19. The number of benzene rings is 2. The number of aliphatic carboxylic acids is 1. The van der Waals surface area contributed by atoms with Crippen LogP contribution >= 0.6 is 0 Å². The maximum Gasteiger partial charge on any atom is 0.430 e. The van der Waals surface area contributed by atoms with E-state index < -0.39 is 32.2 Å². The molecule has 2 aromatic carbocycles. The fourth-order valence-corrected chi connectivity index (χ4v) is 6.90. The van der Waals surface area contributed by atoms with Crippen molar-refractivity contribution in [1.82, 2.24) is 23.9 Å². The molecule has 0 radical (unpaired) electrons. The maximum absolute atomic E-state index is 13.8. The van der Waals surface area contributed by atoms with Crippen molar-refractivity contribution in [2.75, 3.05) is 56.5 Å². The lowest BCUT2D eigenvalue weighted by Crippen LogP contribution is -3.00. The maximum atomic E-state index is 13.8. The van der Waals surface area contributed by atoms with Gasteiger partial charge in [-0.25, -0.2) is 22.0 Å². The highest BCUT2D eigenvalue weighted by molar-refractivity contribution is 7.89. The van der Waals surface area contributed by atoms with Gasteiger partial charge < -0.3 is 52.3 Å². The number of sulfonamides is 2. The van der Waals surface area contributed by atoms with E-state index in [9.17, 15) is 30.0 Å². The van der Waals surface area contributed by atoms with Gasteiger partial charge in [0, 0.05) is 39.3 Å². The van der Waals surface area contributed by atoms with Gasteiger partial charge in [0.2, 0.25) is 0 Å². The number of methoxy groups -OCH3 is 2. The molecule has 0 bridgehead atoms. The van der Waals surface area contributed by atoms with Crippen LogP contribution in [0.4, 0.5) is 13.2 Å². The van der Waals surface area contributed by atoms with Crippen molar-refractivity contribution in [2.45, 2.75) is 55.2 Å². The molecule has 4 aromatic rings. The molecule has 2 heterocycles. The Morgan fingerprint density at radius 1 is 0.759 bits per heavy atom. The Kier molecular flexibility index (Phi) is 18.4. The van der Waals surface area contributed by atoms with Gasteiger partial charge in [0.15, 0.2) is 10.1 Å². The highest BCUT2D eigenvalue weighted by Gasteiger charge is 2.32. The van der Waals surface area contributed by atoms with E-state index in [0.29, 0.717) is 8.97 Å². The first-order chi connectivity index (χ1) is 25.9. The molecule has 22 heteroatoms. The highest BCUT2D eigenvalue weighted by atomic mass is 127. The quantitative estimate of drug-likeness (QED) is 0.138. The van der Waals surface area contributed by atoms with Crippen LogP contribution in [0.3, 0.4) is 0 Å². The van der Waals surface area contributed by atoms with Gasteiger partial charge in [0.05, 0.1) is 67.9 Å². The summed E-state index contributed by atoms with van der Waals surface area (Å²) in [4.78, 5) is 8.78. The second kappa shape index (κ2) is 20.4. The number of quaternary nitrogens is 2. The molecule has 16 nitrogen and oxygen atoms in total. The number of ether oxygens (including phenoxy) is 2. The van der Waals surface area contributed by atoms with Crippen molar-refractivity contribution in [3.05, 3.63) is 83.2 Å². The van der Waals surface area contributed by atoms with E-state index in [-0.39, 0.29) is 59.2 Å². The van der Waals surface area contributed by atoms with E-state index in [1.54, 1.807) is 43.7 Å². The Bertz CT molecular complexity index is 2120. The Morgan fingerprint density at radius 2 is 1.07 bits per heavy atom. The summed E-state index contributed by atoms with van der Waals surface area (Å²) in [6, 6.07) is 18.2. The van der Waals surface area contributed by atoms with Gasteiger partial charge in [-0.3, -0.25) is 9.36 Å². The number of carboxylic acids is 1. The van der Waals surface area contributed by atoms with Gasteiger partial charge in [-0.15, -0.1) is 0 Å². The third-order valence-electron chi connectivity index (χ3n) is 9.13. The topological polar surface area (TPSA) is 192 Å². The van der Waals surface area contributed by atoms with Crippen molar-refractivity contribution in [3.63, 3.8) is 0 Å². The number of nitrogens with two attached hydrogens (primary N) is 1. The molecule has 0 aliphatic heterocycles. The van der Waals surface area contributed by atoms with E-state index in [4.69, 9.17) is 24.5 Å². The smallest absolute Gasteiger partial charge is 0.430 e. The summed E-state index contributed by atoms with van der Waals surface area (Å²) < 4.78 is 98.0. The van der Waals surface area contributed by atoms with Crippen LogP contribution in [-0.4, -0.2) is 118 Å². The summed E-state index contributed by atoms with van der Waals surface area (Å²) in [5, 5.41) is 22.1. The predicted molar refractivity (Wildman–Crippen MR) is 204 cm³/mol. The van der Waals surface area contributed by atoms with Crippen LogP contribution in [-0.2, 0) is 52.0 Å². The number of carbonyl (C=O) groups is 1. The van der Waals surface area contributed by atoms with Crippen molar-refractivity contribution < 1.29 is 82.3 Å². The number of rotatable bonds is 13. The molecule has 2 unspecified atom stereocenters. The standard InChI is InChI=1S/C25H35N4O4S.C9H19N4O2S.C2HF3O2.HI/c1-19(29(3,4)5)24-16-25(26-27(24)2)34(30,31)28(17-20-8-12-22(32-6)13-9-20)18-21-10-14-23(33-7)15-11-21;1-7(13(3,4)5)8-6-9(11-12(8)2)16(10,14)15;3-2(4,5)1(6)7;/h8-16,19H,17-18H2,1-7H3;6-7H,1-5H3,(H2,10,14,15);(H,6,7);1H/q2*+1;;/p-2. The van der Waals surface area contributed by atoms with Gasteiger partial charge in [-0.1, -0.05) is 24.3 Å². The molecule has 0 amide bonds. The number of primary sulfonamides is 1. The first-order valence-electron chi connectivity index (χ1n) is 17.2. The van der Waals surface area contributed by atoms with Crippen molar-refractivity contribution in [2.24, 2.45) is 19.2 Å². The average Bonchev–Trinajstić information content (AvgIpc) is 3.70. The minimum Gasteiger partial charge on any atom is -1.00 e. The van der Waals surface area contributed by atoms with Crippen LogP contribution in [0.2, 0.25) is 0 Å². The molecular formula is C36H54F3IN8O8S2. The number of aromatic nitrogens is 4. The molecule has 4 rings (SSSR count). The molecule has 326 valence electrons. The van der Waals surface area contributed by atoms with Crippen LogP contribution in [0.25, 0.3) is 0 Å². The predicted octanol–water partition coefficient (Wildman–Crippen LogP) is -0.267. The van der Waals surface area contributed by atoms with Crippen LogP contribution in [0.5, 0.6) is 11.5 Å². The molecule has 2 N–H and O–H groups in total. The SMILES string of the molecule is CC(c1cc(S(N)(=O)=O)nn1C)[N+](C)(C)C.COc1ccc(CN(Cc2ccc(OC)cc2)S(=O)(=O)c2cc(C(C)[N+](C)(C)C)n(C)n2)cc1.O=C([O-])C(F)(F)F.[I-]. The molecule has 58 heavy (non-hydrogen) atoms. The van der Waals surface area contributed by atoms with E-state index in [1.807, 2.05) is 76.6 Å². The molecule has 0 spiro atoms. The van der Waals surface area contributed by atoms with Crippen molar-refractivity contribution >= 4 is 26.0 Å². The second-order valence-corrected chi connectivity index (χ2v) is 18.3. The summed E-state index contributed by atoms with van der Waals surface area (Å²) in [5.41, 5.74) is 3.42. The van der Waals surface area contributed by atoms with Gasteiger partial charge in [-0.05, 0) is 49.2 Å². The fraction of sp³-hybridized carbons (Fsp3) is 0.472. The summed E-state index contributed by atoms with van der Waals surface area (Å²) in [7, 11) is 11.4. The first kappa shape index (κ1) is 52.2. The van der Waals surface area contributed by atoms with Gasteiger partial charge in [0.1, 0.15) is 29.6 Å². The number of carboxylic acid groups (broad SMARTS) is 1. The molecule has 0 fully saturated rings. The second-order valence-electron chi connectivity index (χ2n) is 14.9. The largest absolute Gasteiger partial charge is 1.00 e.